The molecule has 1 atom stereocenters. The number of carbonyl (C=O) groups is 3. The van der Waals surface area contributed by atoms with Crippen molar-refractivity contribution in [3.8, 4) is 0 Å². The number of imide groups is 1. The van der Waals surface area contributed by atoms with Gasteiger partial charge >= 0.3 is 0 Å². The number of hydrogen-bond acceptors (Lipinski definition) is 7. The third-order valence-corrected chi connectivity index (χ3v) is 5.67. The fourth-order valence-electron chi connectivity index (χ4n) is 4.20. The van der Waals surface area contributed by atoms with E-state index >= 15 is 0 Å². The van der Waals surface area contributed by atoms with E-state index in [1.807, 2.05) is 18.2 Å². The molecule has 3 aliphatic heterocycles. The SMILES string of the molecule is O=C1CCC(N2Cc3ccc(CN4CCNc5ncncc54)cc3C2=O)C(=O)N1. The highest BCUT2D eigenvalue weighted by molar-refractivity contribution is 6.05. The molecular weight excluding hydrogens is 372 g/mol. The lowest BCUT2D eigenvalue weighted by atomic mass is 10.0. The van der Waals surface area contributed by atoms with Crippen molar-refractivity contribution >= 4 is 29.2 Å². The topological polar surface area (TPSA) is 108 Å². The standard InChI is InChI=1S/C20H20N6O3/c27-17-4-3-15(19(28)24-17)26-10-13-2-1-12(7-14(13)20(26)29)9-25-6-5-22-18-16(25)8-21-11-23-18/h1-2,7-8,11,15H,3-6,9-10H2,(H,21,22,23)(H,24,27,28). The Morgan fingerprint density at radius 3 is 2.97 bits per heavy atom. The molecule has 3 amide bonds. The van der Waals surface area contributed by atoms with Gasteiger partial charge in [-0.15, -0.1) is 0 Å². The fraction of sp³-hybridized carbons (Fsp3) is 0.350. The molecule has 1 aromatic heterocycles. The maximum atomic E-state index is 13.0. The zero-order valence-electron chi connectivity index (χ0n) is 15.7. The summed E-state index contributed by atoms with van der Waals surface area (Å²) in [6.45, 7) is 2.64. The molecule has 9 heteroatoms. The third-order valence-electron chi connectivity index (χ3n) is 5.67. The second-order valence-corrected chi connectivity index (χ2v) is 7.50. The average Bonchev–Trinajstić information content (AvgIpc) is 3.04. The summed E-state index contributed by atoms with van der Waals surface area (Å²) in [5.41, 5.74) is 3.49. The van der Waals surface area contributed by atoms with E-state index in [4.69, 9.17) is 0 Å². The first-order chi connectivity index (χ1) is 14.1. The van der Waals surface area contributed by atoms with Gasteiger partial charge in [-0.1, -0.05) is 12.1 Å². The van der Waals surface area contributed by atoms with Crippen molar-refractivity contribution < 1.29 is 14.4 Å². The monoisotopic (exact) mass is 392 g/mol. The van der Waals surface area contributed by atoms with E-state index in [1.165, 1.54) is 6.33 Å². The van der Waals surface area contributed by atoms with E-state index in [1.54, 1.807) is 11.1 Å². The van der Waals surface area contributed by atoms with Gasteiger partial charge < -0.3 is 15.1 Å². The van der Waals surface area contributed by atoms with E-state index in [0.717, 1.165) is 35.7 Å². The molecule has 5 rings (SSSR count). The number of rotatable bonds is 3. The van der Waals surface area contributed by atoms with Crippen LogP contribution >= 0.6 is 0 Å². The first kappa shape index (κ1) is 17.6. The normalized spacial score (nSPS) is 20.8. The first-order valence-electron chi connectivity index (χ1n) is 9.65. The Morgan fingerprint density at radius 2 is 2.10 bits per heavy atom. The summed E-state index contributed by atoms with van der Waals surface area (Å²) in [5, 5.41) is 5.59. The number of nitrogens with zero attached hydrogens (tertiary/aromatic N) is 4. The second kappa shape index (κ2) is 6.84. The van der Waals surface area contributed by atoms with Crippen LogP contribution in [0.3, 0.4) is 0 Å². The van der Waals surface area contributed by atoms with Gasteiger partial charge in [0.1, 0.15) is 12.4 Å². The van der Waals surface area contributed by atoms with Gasteiger partial charge in [0.25, 0.3) is 5.91 Å². The fourth-order valence-corrected chi connectivity index (χ4v) is 4.20. The minimum Gasteiger partial charge on any atom is -0.366 e. The van der Waals surface area contributed by atoms with Gasteiger partial charge in [0.15, 0.2) is 5.82 Å². The second-order valence-electron chi connectivity index (χ2n) is 7.50. The molecule has 9 nitrogen and oxygen atoms in total. The average molecular weight is 392 g/mol. The Labute approximate surface area is 167 Å². The lowest BCUT2D eigenvalue weighted by Crippen LogP contribution is -2.52. The zero-order valence-corrected chi connectivity index (χ0v) is 15.7. The van der Waals surface area contributed by atoms with Gasteiger partial charge in [-0.05, 0) is 23.6 Å². The van der Waals surface area contributed by atoms with Crippen LogP contribution in [-0.4, -0.2) is 51.7 Å². The van der Waals surface area contributed by atoms with Crippen molar-refractivity contribution in [1.29, 1.82) is 0 Å². The summed E-state index contributed by atoms with van der Waals surface area (Å²) in [6, 6.07) is 5.30. The van der Waals surface area contributed by atoms with E-state index < -0.39 is 6.04 Å². The van der Waals surface area contributed by atoms with Crippen LogP contribution in [0.5, 0.6) is 0 Å². The van der Waals surface area contributed by atoms with Crippen LogP contribution in [0.4, 0.5) is 11.5 Å². The quantitative estimate of drug-likeness (QED) is 0.739. The van der Waals surface area contributed by atoms with Crippen LogP contribution in [0.25, 0.3) is 0 Å². The third kappa shape index (κ3) is 3.08. The van der Waals surface area contributed by atoms with Crippen molar-refractivity contribution in [2.45, 2.75) is 32.0 Å². The Hall–Kier alpha value is -3.49. The number of benzene rings is 1. The molecule has 29 heavy (non-hydrogen) atoms. The Bertz CT molecular complexity index is 1020. The molecular formula is C20H20N6O3. The number of nitrogens with one attached hydrogen (secondary N) is 2. The Morgan fingerprint density at radius 1 is 1.21 bits per heavy atom. The molecule has 1 aromatic carbocycles. The van der Waals surface area contributed by atoms with Crippen molar-refractivity contribution in [2.75, 3.05) is 23.3 Å². The zero-order chi connectivity index (χ0) is 20.0. The lowest BCUT2D eigenvalue weighted by Gasteiger charge is -2.30. The lowest BCUT2D eigenvalue weighted by molar-refractivity contribution is -0.136. The summed E-state index contributed by atoms with van der Waals surface area (Å²) < 4.78 is 0. The van der Waals surface area contributed by atoms with Crippen LogP contribution in [-0.2, 0) is 22.7 Å². The summed E-state index contributed by atoms with van der Waals surface area (Å²) in [5.74, 6) is -0.00838. The number of carbonyl (C=O) groups excluding carboxylic acids is 3. The molecule has 0 spiro atoms. The van der Waals surface area contributed by atoms with Crippen molar-refractivity contribution in [2.24, 2.45) is 0 Å². The van der Waals surface area contributed by atoms with Gasteiger partial charge in [-0.25, -0.2) is 9.97 Å². The van der Waals surface area contributed by atoms with Crippen LogP contribution in [0.1, 0.15) is 34.3 Å². The van der Waals surface area contributed by atoms with Crippen molar-refractivity contribution in [3.05, 3.63) is 47.4 Å². The van der Waals surface area contributed by atoms with Crippen molar-refractivity contribution in [3.63, 3.8) is 0 Å². The smallest absolute Gasteiger partial charge is 0.255 e. The molecule has 148 valence electrons. The van der Waals surface area contributed by atoms with Gasteiger partial charge in [0.05, 0.1) is 11.9 Å². The van der Waals surface area contributed by atoms with Gasteiger partial charge in [-0.2, -0.15) is 0 Å². The highest BCUT2D eigenvalue weighted by Gasteiger charge is 2.39. The largest absolute Gasteiger partial charge is 0.366 e. The molecule has 4 heterocycles. The summed E-state index contributed by atoms with van der Waals surface area (Å²) in [7, 11) is 0. The summed E-state index contributed by atoms with van der Waals surface area (Å²) >= 11 is 0. The predicted molar refractivity (Wildman–Crippen MR) is 104 cm³/mol. The van der Waals surface area contributed by atoms with E-state index in [9.17, 15) is 14.4 Å². The molecule has 1 unspecified atom stereocenters. The van der Waals surface area contributed by atoms with Gasteiger partial charge in [0.2, 0.25) is 11.8 Å². The van der Waals surface area contributed by atoms with Gasteiger partial charge in [-0.3, -0.25) is 19.7 Å². The predicted octanol–water partition coefficient (Wildman–Crippen LogP) is 0.670. The molecule has 1 saturated heterocycles. The highest BCUT2D eigenvalue weighted by Crippen LogP contribution is 2.30. The van der Waals surface area contributed by atoms with E-state index in [0.29, 0.717) is 25.1 Å². The Kier molecular flexibility index (Phi) is 4.15. The summed E-state index contributed by atoms with van der Waals surface area (Å²) in [6.07, 6.45) is 3.94. The van der Waals surface area contributed by atoms with Crippen LogP contribution in [0.2, 0.25) is 0 Å². The number of hydrogen-bond donors (Lipinski definition) is 2. The maximum Gasteiger partial charge on any atom is 0.255 e. The molecule has 2 N–H and O–H groups in total. The molecule has 0 saturated carbocycles. The minimum absolute atomic E-state index is 0.152. The number of fused-ring (bicyclic) bond motifs is 2. The van der Waals surface area contributed by atoms with E-state index in [2.05, 4.69) is 25.5 Å². The van der Waals surface area contributed by atoms with Crippen LogP contribution in [0.15, 0.2) is 30.7 Å². The van der Waals surface area contributed by atoms with Crippen LogP contribution < -0.4 is 15.5 Å². The first-order valence-corrected chi connectivity index (χ1v) is 9.65. The van der Waals surface area contributed by atoms with E-state index in [-0.39, 0.29) is 24.1 Å². The molecule has 0 radical (unpaired) electrons. The number of piperidine rings is 1. The molecule has 1 fully saturated rings. The maximum absolute atomic E-state index is 13.0. The van der Waals surface area contributed by atoms with Crippen molar-refractivity contribution in [1.82, 2.24) is 20.2 Å². The van der Waals surface area contributed by atoms with Crippen LogP contribution in [0, 0.1) is 0 Å². The number of amides is 3. The minimum atomic E-state index is -0.590. The molecule has 3 aliphatic rings. The number of anilines is 2. The van der Waals surface area contributed by atoms with Gasteiger partial charge in [0, 0.05) is 38.2 Å². The summed E-state index contributed by atoms with van der Waals surface area (Å²) in [4.78, 5) is 48.7. The number of aromatic nitrogens is 2. The molecule has 0 bridgehead atoms. The highest BCUT2D eigenvalue weighted by atomic mass is 16.2. The molecule has 2 aromatic rings. The molecule has 0 aliphatic carbocycles. The Balaban J connectivity index is 1.36.